The van der Waals surface area contributed by atoms with Crippen molar-refractivity contribution < 1.29 is 9.32 Å². The van der Waals surface area contributed by atoms with Gasteiger partial charge in [-0.1, -0.05) is 78.9 Å². The van der Waals surface area contributed by atoms with Crippen molar-refractivity contribution in [2.45, 2.75) is 26.7 Å². The van der Waals surface area contributed by atoms with E-state index in [1.54, 1.807) is 0 Å². The third-order valence-electron chi connectivity index (χ3n) is 4.32. The Morgan fingerprint density at radius 2 is 1.27 bits per heavy atom. The van der Waals surface area contributed by atoms with Crippen LogP contribution in [-0.4, -0.2) is 5.97 Å². The second-order valence-electron chi connectivity index (χ2n) is 6.32. The maximum absolute atomic E-state index is 12.6. The molecule has 0 aromatic heterocycles. The van der Waals surface area contributed by atoms with E-state index in [1.165, 1.54) is 0 Å². The summed E-state index contributed by atoms with van der Waals surface area (Å²) in [7, 11) is -1.16. The van der Waals surface area contributed by atoms with Crippen molar-refractivity contribution >= 4 is 24.7 Å². The number of benzene rings is 3. The fourth-order valence-electron chi connectivity index (χ4n) is 2.85. The monoisotopic (exact) mass is 362 g/mol. The zero-order chi connectivity index (χ0) is 18.4. The molecule has 0 aliphatic heterocycles. The molecule has 0 aliphatic carbocycles. The molecule has 26 heavy (non-hydrogen) atoms. The highest BCUT2D eigenvalue weighted by Crippen LogP contribution is 2.37. The SMILES string of the molecule is Cc1ccccc1P(OC(=O)CCc1ccccc1)c1ccccc1C. The molecule has 3 rings (SSSR count). The molecule has 0 atom stereocenters. The van der Waals surface area contributed by atoms with Crippen molar-refractivity contribution in [2.75, 3.05) is 0 Å². The first-order chi connectivity index (χ1) is 12.6. The summed E-state index contributed by atoms with van der Waals surface area (Å²) in [5, 5.41) is 2.20. The Morgan fingerprint density at radius 1 is 0.769 bits per heavy atom. The van der Waals surface area contributed by atoms with Gasteiger partial charge in [-0.3, -0.25) is 4.79 Å². The third-order valence-corrected chi connectivity index (χ3v) is 6.59. The lowest BCUT2D eigenvalue weighted by Crippen LogP contribution is -2.20. The second kappa shape index (κ2) is 8.78. The number of aryl methyl sites for hydroxylation is 3. The Labute approximate surface area is 156 Å². The van der Waals surface area contributed by atoms with E-state index < -0.39 is 8.15 Å². The third kappa shape index (κ3) is 4.59. The number of rotatable bonds is 6. The zero-order valence-electron chi connectivity index (χ0n) is 15.2. The summed E-state index contributed by atoms with van der Waals surface area (Å²) in [5.41, 5.74) is 3.45. The van der Waals surface area contributed by atoms with Gasteiger partial charge in [0, 0.05) is 17.0 Å². The Morgan fingerprint density at radius 3 is 1.81 bits per heavy atom. The van der Waals surface area contributed by atoms with E-state index in [0.717, 1.165) is 27.3 Å². The van der Waals surface area contributed by atoms with E-state index in [0.29, 0.717) is 12.8 Å². The van der Waals surface area contributed by atoms with Crippen molar-refractivity contribution in [1.29, 1.82) is 0 Å². The molecule has 0 saturated carbocycles. The normalized spacial score (nSPS) is 10.7. The quantitative estimate of drug-likeness (QED) is 0.587. The largest absolute Gasteiger partial charge is 0.435 e. The van der Waals surface area contributed by atoms with Gasteiger partial charge in [0.15, 0.2) is 8.15 Å². The van der Waals surface area contributed by atoms with Crippen LogP contribution < -0.4 is 10.6 Å². The van der Waals surface area contributed by atoms with Crippen LogP contribution in [0.25, 0.3) is 0 Å². The Hall–Kier alpha value is -2.44. The summed E-state index contributed by atoms with van der Waals surface area (Å²) >= 11 is 0. The van der Waals surface area contributed by atoms with E-state index in [2.05, 4.69) is 38.1 Å². The molecule has 0 unspecified atom stereocenters. The summed E-state index contributed by atoms with van der Waals surface area (Å²) in [6.45, 7) is 4.14. The van der Waals surface area contributed by atoms with Gasteiger partial charge in [-0.05, 0) is 37.0 Å². The Balaban J connectivity index is 1.81. The van der Waals surface area contributed by atoms with E-state index in [9.17, 15) is 4.79 Å². The van der Waals surface area contributed by atoms with Crippen LogP contribution in [0.3, 0.4) is 0 Å². The average Bonchev–Trinajstić information content (AvgIpc) is 2.67. The lowest BCUT2D eigenvalue weighted by Gasteiger charge is -2.21. The van der Waals surface area contributed by atoms with Crippen LogP contribution in [0.15, 0.2) is 78.9 Å². The van der Waals surface area contributed by atoms with E-state index in [4.69, 9.17) is 4.52 Å². The van der Waals surface area contributed by atoms with Crippen molar-refractivity contribution in [3.8, 4) is 0 Å². The zero-order valence-corrected chi connectivity index (χ0v) is 16.1. The van der Waals surface area contributed by atoms with Crippen molar-refractivity contribution in [1.82, 2.24) is 0 Å². The molecular formula is C23H23O2P. The molecule has 0 aliphatic rings. The minimum absolute atomic E-state index is 0.147. The van der Waals surface area contributed by atoms with Crippen LogP contribution in [0.5, 0.6) is 0 Å². The molecule has 3 aromatic carbocycles. The second-order valence-corrected chi connectivity index (χ2v) is 8.05. The van der Waals surface area contributed by atoms with Crippen LogP contribution in [0, 0.1) is 13.8 Å². The number of hydrogen-bond donors (Lipinski definition) is 0. The first kappa shape index (κ1) is 18.4. The first-order valence-corrected chi connectivity index (χ1v) is 10.1. The van der Waals surface area contributed by atoms with Gasteiger partial charge >= 0.3 is 5.97 Å². The van der Waals surface area contributed by atoms with Crippen molar-refractivity contribution in [3.63, 3.8) is 0 Å². The molecule has 0 bridgehead atoms. The average molecular weight is 362 g/mol. The predicted molar refractivity (Wildman–Crippen MR) is 109 cm³/mol. The molecule has 0 N–H and O–H groups in total. The van der Waals surface area contributed by atoms with Crippen LogP contribution in [0.4, 0.5) is 0 Å². The molecule has 0 amide bonds. The van der Waals surface area contributed by atoms with Gasteiger partial charge in [0.05, 0.1) is 0 Å². The van der Waals surface area contributed by atoms with E-state index in [1.807, 2.05) is 54.6 Å². The molecule has 132 valence electrons. The van der Waals surface area contributed by atoms with Crippen LogP contribution in [0.1, 0.15) is 23.1 Å². The van der Waals surface area contributed by atoms with Gasteiger partial charge in [0.2, 0.25) is 0 Å². The first-order valence-electron chi connectivity index (χ1n) is 8.81. The van der Waals surface area contributed by atoms with Crippen LogP contribution in [0.2, 0.25) is 0 Å². The maximum Gasteiger partial charge on any atom is 0.309 e. The highest BCUT2D eigenvalue weighted by atomic mass is 31.1. The molecule has 3 aromatic rings. The smallest absolute Gasteiger partial charge is 0.309 e. The summed E-state index contributed by atoms with van der Waals surface area (Å²) < 4.78 is 6.03. The Bertz CT molecular complexity index is 829. The fraction of sp³-hybridized carbons (Fsp3) is 0.174. The molecular weight excluding hydrogens is 339 g/mol. The molecule has 0 spiro atoms. The topological polar surface area (TPSA) is 26.3 Å². The number of carbonyl (C=O) groups excluding carboxylic acids is 1. The predicted octanol–water partition coefficient (Wildman–Crippen LogP) is 4.83. The van der Waals surface area contributed by atoms with Crippen LogP contribution >= 0.6 is 8.15 Å². The van der Waals surface area contributed by atoms with Gasteiger partial charge in [0.25, 0.3) is 0 Å². The van der Waals surface area contributed by atoms with Gasteiger partial charge in [-0.2, -0.15) is 0 Å². The van der Waals surface area contributed by atoms with Crippen molar-refractivity contribution in [3.05, 3.63) is 95.6 Å². The molecule has 0 heterocycles. The molecule has 0 fully saturated rings. The van der Waals surface area contributed by atoms with E-state index in [-0.39, 0.29) is 5.97 Å². The minimum Gasteiger partial charge on any atom is -0.435 e. The number of hydrogen-bond acceptors (Lipinski definition) is 2. The maximum atomic E-state index is 12.6. The van der Waals surface area contributed by atoms with Gasteiger partial charge in [0.1, 0.15) is 0 Å². The Kier molecular flexibility index (Phi) is 6.20. The summed E-state index contributed by atoms with van der Waals surface area (Å²) in [6.07, 6.45) is 1.09. The summed E-state index contributed by atoms with van der Waals surface area (Å²) in [6, 6.07) is 26.4. The standard InChI is InChI=1S/C23H23O2P/c1-18-10-6-8-14-21(18)26(22-15-9-7-11-19(22)2)25-23(24)17-16-20-12-4-3-5-13-20/h3-15H,16-17H2,1-2H3. The lowest BCUT2D eigenvalue weighted by molar-refractivity contribution is -0.133. The van der Waals surface area contributed by atoms with Gasteiger partial charge in [-0.15, -0.1) is 0 Å². The highest BCUT2D eigenvalue weighted by Gasteiger charge is 2.22. The lowest BCUT2D eigenvalue weighted by atomic mass is 10.1. The summed E-state index contributed by atoms with van der Waals surface area (Å²) in [5.74, 6) is -0.147. The van der Waals surface area contributed by atoms with Crippen molar-refractivity contribution in [2.24, 2.45) is 0 Å². The minimum atomic E-state index is -1.16. The number of carbonyl (C=O) groups is 1. The molecule has 2 nitrogen and oxygen atoms in total. The van der Waals surface area contributed by atoms with E-state index >= 15 is 0 Å². The summed E-state index contributed by atoms with van der Waals surface area (Å²) in [4.78, 5) is 12.6. The van der Waals surface area contributed by atoms with Crippen LogP contribution in [-0.2, 0) is 15.7 Å². The highest BCUT2D eigenvalue weighted by molar-refractivity contribution is 7.69. The molecule has 0 radical (unpaired) electrons. The van der Waals surface area contributed by atoms with Gasteiger partial charge < -0.3 is 4.52 Å². The fourth-order valence-corrected chi connectivity index (χ4v) is 4.83. The molecule has 3 heteroatoms. The molecule has 0 saturated heterocycles. The van der Waals surface area contributed by atoms with Gasteiger partial charge in [-0.25, -0.2) is 0 Å².